The summed E-state index contributed by atoms with van der Waals surface area (Å²) in [4.78, 5) is 5.37. The average molecular weight is 266 g/mol. The van der Waals surface area contributed by atoms with Crippen LogP contribution in [0.2, 0.25) is 4.34 Å². The molecule has 0 spiro atoms. The number of aromatic nitrogens is 3. The first-order valence-corrected chi connectivity index (χ1v) is 6.13. The van der Waals surface area contributed by atoms with Gasteiger partial charge in [-0.1, -0.05) is 17.7 Å². The molecule has 3 rings (SSSR count). The van der Waals surface area contributed by atoms with Gasteiger partial charge in [-0.2, -0.15) is 4.52 Å². The molecule has 17 heavy (non-hydrogen) atoms. The topological polar surface area (TPSA) is 39.4 Å². The molecule has 0 N–H and O–H groups in total. The highest BCUT2D eigenvalue weighted by molar-refractivity contribution is 7.19. The van der Waals surface area contributed by atoms with Gasteiger partial charge in [0, 0.05) is 6.07 Å². The molecular formula is C11H8ClN3OS. The van der Waals surface area contributed by atoms with Crippen molar-refractivity contribution in [1.82, 2.24) is 14.6 Å². The van der Waals surface area contributed by atoms with Crippen molar-refractivity contribution in [3.05, 3.63) is 34.7 Å². The minimum Gasteiger partial charge on any atom is -0.481 e. The van der Waals surface area contributed by atoms with Crippen LogP contribution >= 0.6 is 22.9 Å². The maximum Gasteiger partial charge on any atom is 0.216 e. The molecule has 0 radical (unpaired) electrons. The highest BCUT2D eigenvalue weighted by Crippen LogP contribution is 2.29. The largest absolute Gasteiger partial charge is 0.481 e. The molecule has 0 atom stereocenters. The predicted molar refractivity (Wildman–Crippen MR) is 67.9 cm³/mol. The second-order valence-corrected chi connectivity index (χ2v) is 5.09. The van der Waals surface area contributed by atoms with Crippen LogP contribution in [-0.2, 0) is 0 Å². The van der Waals surface area contributed by atoms with E-state index >= 15 is 0 Å². The van der Waals surface area contributed by atoms with Gasteiger partial charge in [-0.15, -0.1) is 16.4 Å². The zero-order valence-corrected chi connectivity index (χ0v) is 10.5. The van der Waals surface area contributed by atoms with E-state index in [2.05, 4.69) is 10.1 Å². The maximum absolute atomic E-state index is 5.90. The van der Waals surface area contributed by atoms with Crippen LogP contribution in [0.1, 0.15) is 0 Å². The first kappa shape index (κ1) is 10.6. The zero-order valence-electron chi connectivity index (χ0n) is 8.92. The van der Waals surface area contributed by atoms with Gasteiger partial charge in [0.1, 0.15) is 0 Å². The van der Waals surface area contributed by atoms with Gasteiger partial charge in [0.05, 0.1) is 16.3 Å². The number of rotatable bonds is 2. The quantitative estimate of drug-likeness (QED) is 0.715. The summed E-state index contributed by atoms with van der Waals surface area (Å²) < 4.78 is 7.62. The second-order valence-electron chi connectivity index (χ2n) is 3.38. The van der Waals surface area contributed by atoms with Gasteiger partial charge in [0.2, 0.25) is 5.88 Å². The fourth-order valence-electron chi connectivity index (χ4n) is 1.57. The van der Waals surface area contributed by atoms with Crippen molar-refractivity contribution in [1.29, 1.82) is 0 Å². The molecule has 0 bridgehead atoms. The summed E-state index contributed by atoms with van der Waals surface area (Å²) in [6.07, 6.45) is 0. The van der Waals surface area contributed by atoms with Crippen LogP contribution in [0, 0.1) is 0 Å². The van der Waals surface area contributed by atoms with Gasteiger partial charge in [0.15, 0.2) is 11.5 Å². The van der Waals surface area contributed by atoms with Gasteiger partial charge >= 0.3 is 0 Å². The standard InChI is InChI=1S/C11H8ClN3OS/c1-16-10-4-2-3-9-13-11(14-15(9)10)7-5-6-8(12)17-7/h2-6H,1H3. The minimum atomic E-state index is 0.656. The third kappa shape index (κ3) is 1.77. The number of hydrogen-bond donors (Lipinski definition) is 0. The highest BCUT2D eigenvalue weighted by atomic mass is 35.5. The number of ether oxygens (including phenoxy) is 1. The molecule has 0 aromatic carbocycles. The van der Waals surface area contributed by atoms with Crippen LogP contribution in [0.5, 0.6) is 5.88 Å². The number of methoxy groups -OCH3 is 1. The molecule has 0 fully saturated rings. The normalized spacial score (nSPS) is 10.9. The summed E-state index contributed by atoms with van der Waals surface area (Å²) in [5, 5.41) is 4.40. The van der Waals surface area contributed by atoms with E-state index in [4.69, 9.17) is 16.3 Å². The Morgan fingerprint density at radius 1 is 1.29 bits per heavy atom. The summed E-state index contributed by atoms with van der Waals surface area (Å²) in [5.74, 6) is 1.32. The first-order chi connectivity index (χ1) is 8.28. The Morgan fingerprint density at radius 3 is 2.88 bits per heavy atom. The third-order valence-corrected chi connectivity index (χ3v) is 3.55. The molecule has 3 heterocycles. The Balaban J connectivity index is 2.19. The summed E-state index contributed by atoms with van der Waals surface area (Å²) in [6.45, 7) is 0. The Hall–Kier alpha value is -1.59. The van der Waals surface area contributed by atoms with Crippen molar-refractivity contribution < 1.29 is 4.74 Å². The Morgan fingerprint density at radius 2 is 2.18 bits per heavy atom. The monoisotopic (exact) mass is 265 g/mol. The van der Waals surface area contributed by atoms with Crippen LogP contribution < -0.4 is 4.74 Å². The molecule has 6 heteroatoms. The summed E-state index contributed by atoms with van der Waals surface area (Å²) in [6, 6.07) is 9.36. The van der Waals surface area contributed by atoms with Gasteiger partial charge in [-0.05, 0) is 18.2 Å². The molecule has 0 saturated carbocycles. The lowest BCUT2D eigenvalue weighted by Gasteiger charge is -1.99. The minimum absolute atomic E-state index is 0.656. The zero-order chi connectivity index (χ0) is 11.8. The molecule has 0 aliphatic rings. The van der Waals surface area contributed by atoms with Gasteiger partial charge in [0.25, 0.3) is 0 Å². The lowest BCUT2D eigenvalue weighted by atomic mass is 10.4. The lowest BCUT2D eigenvalue weighted by Crippen LogP contribution is -1.94. The lowest BCUT2D eigenvalue weighted by molar-refractivity contribution is 0.386. The maximum atomic E-state index is 5.90. The summed E-state index contributed by atoms with van der Waals surface area (Å²) in [5.41, 5.74) is 0.754. The van der Waals surface area contributed by atoms with Crippen molar-refractivity contribution in [2.75, 3.05) is 7.11 Å². The molecule has 0 saturated heterocycles. The van der Waals surface area contributed by atoms with Crippen LogP contribution in [0.4, 0.5) is 0 Å². The number of fused-ring (bicyclic) bond motifs is 1. The smallest absolute Gasteiger partial charge is 0.216 e. The third-order valence-electron chi connectivity index (χ3n) is 2.33. The van der Waals surface area contributed by atoms with Crippen molar-refractivity contribution in [3.63, 3.8) is 0 Å². The molecule has 86 valence electrons. The number of halogens is 1. The van der Waals surface area contributed by atoms with Crippen molar-refractivity contribution >= 4 is 28.6 Å². The molecule has 0 unspecified atom stereocenters. The van der Waals surface area contributed by atoms with Gasteiger partial charge < -0.3 is 4.74 Å². The van der Waals surface area contributed by atoms with Crippen LogP contribution in [0.3, 0.4) is 0 Å². The summed E-state index contributed by atoms with van der Waals surface area (Å²) >= 11 is 7.35. The van der Waals surface area contributed by atoms with Gasteiger partial charge in [-0.25, -0.2) is 4.98 Å². The SMILES string of the molecule is COc1cccc2nc(-c3ccc(Cl)s3)nn12. The Labute approximate surface area is 106 Å². The van der Waals surface area contributed by atoms with Gasteiger partial charge in [-0.3, -0.25) is 0 Å². The van der Waals surface area contributed by atoms with E-state index < -0.39 is 0 Å². The first-order valence-electron chi connectivity index (χ1n) is 4.93. The molecule has 3 aromatic heterocycles. The molecular weight excluding hydrogens is 258 g/mol. The van der Waals surface area contributed by atoms with Crippen LogP contribution in [0.25, 0.3) is 16.3 Å². The summed E-state index contributed by atoms with van der Waals surface area (Å²) in [7, 11) is 1.61. The average Bonchev–Trinajstić information content (AvgIpc) is 2.93. The van der Waals surface area contributed by atoms with E-state index in [1.807, 2.05) is 30.3 Å². The molecule has 4 nitrogen and oxygen atoms in total. The number of nitrogens with zero attached hydrogens (tertiary/aromatic N) is 3. The van der Waals surface area contributed by atoms with E-state index in [1.54, 1.807) is 11.6 Å². The van der Waals surface area contributed by atoms with Crippen LogP contribution in [-0.4, -0.2) is 21.7 Å². The fraction of sp³-hybridized carbons (Fsp3) is 0.0909. The number of pyridine rings is 1. The highest BCUT2D eigenvalue weighted by Gasteiger charge is 2.10. The molecule has 0 aliphatic heterocycles. The van der Waals surface area contributed by atoms with E-state index in [0.29, 0.717) is 11.7 Å². The molecule has 3 aromatic rings. The van der Waals surface area contributed by atoms with E-state index in [9.17, 15) is 0 Å². The second kappa shape index (κ2) is 4.01. The van der Waals surface area contributed by atoms with Crippen molar-refractivity contribution in [3.8, 4) is 16.6 Å². The number of thiophene rings is 1. The van der Waals surface area contributed by atoms with E-state index in [-0.39, 0.29) is 0 Å². The molecule has 0 aliphatic carbocycles. The van der Waals surface area contributed by atoms with Crippen LogP contribution in [0.15, 0.2) is 30.3 Å². The predicted octanol–water partition coefficient (Wildman–Crippen LogP) is 3.12. The van der Waals surface area contributed by atoms with Crippen molar-refractivity contribution in [2.45, 2.75) is 0 Å². The van der Waals surface area contributed by atoms with Crippen molar-refractivity contribution in [2.24, 2.45) is 0 Å². The number of hydrogen-bond acceptors (Lipinski definition) is 4. The Kier molecular flexibility index (Phi) is 2.49. The van der Waals surface area contributed by atoms with E-state index in [0.717, 1.165) is 14.9 Å². The van der Waals surface area contributed by atoms with E-state index in [1.165, 1.54) is 11.3 Å². The fourth-order valence-corrected chi connectivity index (χ4v) is 2.55. The Bertz CT molecular complexity index is 676. The molecule has 0 amide bonds.